The van der Waals surface area contributed by atoms with E-state index in [0.717, 1.165) is 10.0 Å². The van der Waals surface area contributed by atoms with Crippen LogP contribution in [0.25, 0.3) is 0 Å². The predicted molar refractivity (Wildman–Crippen MR) is 89.3 cm³/mol. The van der Waals surface area contributed by atoms with Crippen LogP contribution in [0.5, 0.6) is 0 Å². The fourth-order valence-corrected chi connectivity index (χ4v) is 1.77. The van der Waals surface area contributed by atoms with Gasteiger partial charge in [0.1, 0.15) is 5.60 Å². The quantitative estimate of drug-likeness (QED) is 0.392. The van der Waals surface area contributed by atoms with Gasteiger partial charge in [0.15, 0.2) is 5.96 Å². The monoisotopic (exact) mass is 427 g/mol. The van der Waals surface area contributed by atoms with Crippen LogP contribution < -0.4 is 11.1 Å². The average Bonchev–Trinajstić information content (AvgIpc) is 2.36. The molecular formula is C12H19BrIN3O. The number of rotatable bonds is 4. The van der Waals surface area contributed by atoms with E-state index < -0.39 is 5.60 Å². The Balaban J connectivity index is 0.00000289. The van der Waals surface area contributed by atoms with Gasteiger partial charge in [-0.05, 0) is 24.1 Å². The molecule has 0 aromatic heterocycles. The van der Waals surface area contributed by atoms with Crippen LogP contribution in [-0.2, 0) is 5.60 Å². The Morgan fingerprint density at radius 1 is 1.44 bits per heavy atom. The van der Waals surface area contributed by atoms with Gasteiger partial charge in [-0.3, -0.25) is 4.99 Å². The number of nitrogens with zero attached hydrogens (tertiary/aromatic N) is 1. The van der Waals surface area contributed by atoms with Crippen molar-refractivity contribution in [1.82, 2.24) is 5.32 Å². The Morgan fingerprint density at radius 2 is 2.00 bits per heavy atom. The van der Waals surface area contributed by atoms with Crippen molar-refractivity contribution >= 4 is 45.9 Å². The van der Waals surface area contributed by atoms with Crippen molar-refractivity contribution in [1.29, 1.82) is 0 Å². The third kappa shape index (κ3) is 4.74. The highest BCUT2D eigenvalue weighted by Gasteiger charge is 2.26. The molecule has 0 saturated heterocycles. The number of benzene rings is 1. The Bertz CT molecular complexity index is 397. The second-order valence-electron chi connectivity index (χ2n) is 3.85. The normalized spacial score (nSPS) is 14.6. The highest BCUT2D eigenvalue weighted by atomic mass is 127. The zero-order chi connectivity index (χ0) is 12.9. The number of aliphatic imine (C=N–C) groups is 1. The molecule has 0 aliphatic carbocycles. The van der Waals surface area contributed by atoms with Crippen LogP contribution in [0.1, 0.15) is 18.9 Å². The molecule has 0 radical (unpaired) electrons. The summed E-state index contributed by atoms with van der Waals surface area (Å²) in [4.78, 5) is 3.80. The molecule has 1 unspecified atom stereocenters. The molecule has 0 amide bonds. The summed E-state index contributed by atoms with van der Waals surface area (Å²) in [6.45, 7) is 2.28. The second kappa shape index (κ2) is 7.96. The largest absolute Gasteiger partial charge is 0.383 e. The third-order valence-corrected chi connectivity index (χ3v) is 3.30. The third-order valence-electron chi connectivity index (χ3n) is 2.77. The summed E-state index contributed by atoms with van der Waals surface area (Å²) in [5.41, 5.74) is 5.48. The molecule has 4 N–H and O–H groups in total. The number of hydrogen-bond donors (Lipinski definition) is 3. The highest BCUT2D eigenvalue weighted by molar-refractivity contribution is 14.0. The van der Waals surface area contributed by atoms with E-state index in [9.17, 15) is 5.11 Å². The predicted octanol–water partition coefficient (Wildman–Crippen LogP) is 2.20. The average molecular weight is 428 g/mol. The lowest BCUT2D eigenvalue weighted by Gasteiger charge is -2.28. The summed E-state index contributed by atoms with van der Waals surface area (Å²) >= 11 is 3.37. The van der Waals surface area contributed by atoms with Crippen molar-refractivity contribution < 1.29 is 5.11 Å². The summed E-state index contributed by atoms with van der Waals surface area (Å²) < 4.78 is 0.988. The summed E-state index contributed by atoms with van der Waals surface area (Å²) in [6.07, 6.45) is 0.596. The van der Waals surface area contributed by atoms with Gasteiger partial charge in [0.25, 0.3) is 0 Å². The maximum atomic E-state index is 10.5. The summed E-state index contributed by atoms with van der Waals surface area (Å²) in [6, 6.07) is 7.61. The minimum Gasteiger partial charge on any atom is -0.383 e. The first-order chi connectivity index (χ1) is 8.01. The van der Waals surface area contributed by atoms with Gasteiger partial charge in [-0.1, -0.05) is 35.0 Å². The first-order valence-corrected chi connectivity index (χ1v) is 6.25. The summed E-state index contributed by atoms with van der Waals surface area (Å²) in [5, 5.41) is 13.4. The Kier molecular flexibility index (Phi) is 7.81. The summed E-state index contributed by atoms with van der Waals surface area (Å²) in [7, 11) is 1.60. The number of nitrogens with one attached hydrogen (secondary N) is 1. The van der Waals surface area contributed by atoms with E-state index in [1.165, 1.54) is 0 Å². The molecule has 0 heterocycles. The fourth-order valence-electron chi connectivity index (χ4n) is 1.51. The van der Waals surface area contributed by atoms with Gasteiger partial charge in [-0.2, -0.15) is 0 Å². The number of aliphatic hydroxyl groups is 1. The Hall–Kier alpha value is -0.340. The van der Waals surface area contributed by atoms with Crippen LogP contribution in [0.2, 0.25) is 0 Å². The molecule has 0 aliphatic rings. The number of nitrogens with two attached hydrogens (primary N) is 1. The van der Waals surface area contributed by atoms with Crippen LogP contribution in [0.15, 0.2) is 33.7 Å². The lowest BCUT2D eigenvalue weighted by molar-refractivity contribution is 0.0371. The van der Waals surface area contributed by atoms with Gasteiger partial charge < -0.3 is 16.2 Å². The first kappa shape index (κ1) is 17.7. The van der Waals surface area contributed by atoms with Crippen LogP contribution >= 0.6 is 39.9 Å². The van der Waals surface area contributed by atoms with Crippen molar-refractivity contribution in [3.63, 3.8) is 0 Å². The molecule has 1 atom stereocenters. The molecule has 0 aliphatic heterocycles. The van der Waals surface area contributed by atoms with E-state index in [1.54, 1.807) is 7.05 Å². The topological polar surface area (TPSA) is 70.6 Å². The van der Waals surface area contributed by atoms with E-state index >= 15 is 0 Å². The zero-order valence-electron chi connectivity index (χ0n) is 10.5. The second-order valence-corrected chi connectivity index (χ2v) is 4.77. The summed E-state index contributed by atoms with van der Waals surface area (Å²) in [5.74, 6) is 0.328. The number of guanidine groups is 1. The van der Waals surface area contributed by atoms with E-state index in [0.29, 0.717) is 18.9 Å². The smallest absolute Gasteiger partial charge is 0.188 e. The molecule has 0 saturated carbocycles. The molecule has 6 heteroatoms. The maximum absolute atomic E-state index is 10.5. The number of halogens is 2. The first-order valence-electron chi connectivity index (χ1n) is 5.46. The van der Waals surface area contributed by atoms with Gasteiger partial charge in [0.2, 0.25) is 0 Å². The van der Waals surface area contributed by atoms with Crippen LogP contribution in [0.3, 0.4) is 0 Å². The maximum Gasteiger partial charge on any atom is 0.188 e. The SMILES string of the molecule is CCC(O)(CNC(N)=NC)c1ccc(Br)cc1.I. The molecule has 1 aromatic rings. The van der Waals surface area contributed by atoms with E-state index in [1.807, 2.05) is 31.2 Å². The van der Waals surface area contributed by atoms with Crippen molar-refractivity contribution in [3.05, 3.63) is 34.3 Å². The van der Waals surface area contributed by atoms with E-state index in [4.69, 9.17) is 5.73 Å². The fraction of sp³-hybridized carbons (Fsp3) is 0.417. The van der Waals surface area contributed by atoms with Gasteiger partial charge in [-0.15, -0.1) is 24.0 Å². The molecule has 1 aromatic carbocycles. The lowest BCUT2D eigenvalue weighted by atomic mass is 9.91. The molecule has 18 heavy (non-hydrogen) atoms. The van der Waals surface area contributed by atoms with Crippen molar-refractivity contribution in [2.45, 2.75) is 18.9 Å². The molecule has 0 bridgehead atoms. The molecule has 1 rings (SSSR count). The number of hydrogen-bond acceptors (Lipinski definition) is 2. The lowest BCUT2D eigenvalue weighted by Crippen LogP contribution is -2.43. The van der Waals surface area contributed by atoms with Crippen LogP contribution in [-0.4, -0.2) is 24.7 Å². The van der Waals surface area contributed by atoms with Crippen molar-refractivity contribution in [2.75, 3.05) is 13.6 Å². The molecule has 0 spiro atoms. The van der Waals surface area contributed by atoms with E-state index in [-0.39, 0.29) is 24.0 Å². The van der Waals surface area contributed by atoms with Gasteiger partial charge in [0.05, 0.1) is 6.54 Å². The minimum atomic E-state index is -0.935. The van der Waals surface area contributed by atoms with Gasteiger partial charge in [-0.25, -0.2) is 0 Å². The Labute approximate surface area is 133 Å². The Morgan fingerprint density at radius 3 is 2.44 bits per heavy atom. The van der Waals surface area contributed by atoms with Gasteiger partial charge in [0, 0.05) is 11.5 Å². The molecule has 102 valence electrons. The highest BCUT2D eigenvalue weighted by Crippen LogP contribution is 2.25. The minimum absolute atomic E-state index is 0. The molecular weight excluding hydrogens is 409 g/mol. The standard InChI is InChI=1S/C12H18BrN3O.HI/c1-3-12(17,8-16-11(14)15-2)9-4-6-10(13)7-5-9;/h4-7,17H,3,8H2,1-2H3,(H3,14,15,16);1H. The van der Waals surface area contributed by atoms with Crippen LogP contribution in [0, 0.1) is 0 Å². The zero-order valence-corrected chi connectivity index (χ0v) is 14.4. The molecule has 4 nitrogen and oxygen atoms in total. The molecule has 0 fully saturated rings. The van der Waals surface area contributed by atoms with Crippen LogP contribution in [0.4, 0.5) is 0 Å². The van der Waals surface area contributed by atoms with Gasteiger partial charge >= 0.3 is 0 Å². The van der Waals surface area contributed by atoms with Crippen molar-refractivity contribution in [3.8, 4) is 0 Å². The van der Waals surface area contributed by atoms with Crippen molar-refractivity contribution in [2.24, 2.45) is 10.7 Å². The van der Waals surface area contributed by atoms with E-state index in [2.05, 4.69) is 26.2 Å².